The second-order valence-electron chi connectivity index (χ2n) is 4.55. The van der Waals surface area contributed by atoms with Crippen molar-refractivity contribution in [3.05, 3.63) is 53.2 Å². The van der Waals surface area contributed by atoms with Crippen molar-refractivity contribution in [1.82, 2.24) is 15.0 Å². The standard InChI is InChI=1S/C15H14N4S/c1-10-5-6-12(17-8-10)13-9-20-15(18-13)19-14-11(2)4-3-7-16-14/h3-9H,1-2H3,(H,16,18,19). The van der Waals surface area contributed by atoms with E-state index in [9.17, 15) is 0 Å². The Kier molecular flexibility index (Phi) is 3.43. The normalized spacial score (nSPS) is 10.5. The first-order chi connectivity index (χ1) is 9.72. The molecule has 3 aromatic rings. The monoisotopic (exact) mass is 282 g/mol. The van der Waals surface area contributed by atoms with Crippen LogP contribution in [0, 0.1) is 13.8 Å². The van der Waals surface area contributed by atoms with Gasteiger partial charge in [-0.2, -0.15) is 0 Å². The van der Waals surface area contributed by atoms with Crippen molar-refractivity contribution >= 4 is 22.3 Å². The number of pyridine rings is 2. The van der Waals surface area contributed by atoms with Crippen LogP contribution in [0.2, 0.25) is 0 Å². The molecule has 0 aliphatic carbocycles. The van der Waals surface area contributed by atoms with E-state index in [0.29, 0.717) is 0 Å². The largest absolute Gasteiger partial charge is 0.316 e. The molecule has 0 aromatic carbocycles. The summed E-state index contributed by atoms with van der Waals surface area (Å²) in [6.07, 6.45) is 3.62. The van der Waals surface area contributed by atoms with Crippen LogP contribution in [0.5, 0.6) is 0 Å². The molecule has 0 amide bonds. The van der Waals surface area contributed by atoms with Gasteiger partial charge in [0, 0.05) is 17.8 Å². The van der Waals surface area contributed by atoms with E-state index in [1.54, 1.807) is 17.5 Å². The van der Waals surface area contributed by atoms with E-state index in [1.807, 2.05) is 49.7 Å². The summed E-state index contributed by atoms with van der Waals surface area (Å²) in [7, 11) is 0. The molecule has 0 bridgehead atoms. The van der Waals surface area contributed by atoms with Crippen molar-refractivity contribution < 1.29 is 0 Å². The molecule has 0 aliphatic heterocycles. The highest BCUT2D eigenvalue weighted by atomic mass is 32.1. The Morgan fingerprint density at radius 1 is 1.05 bits per heavy atom. The highest BCUT2D eigenvalue weighted by molar-refractivity contribution is 7.14. The molecule has 20 heavy (non-hydrogen) atoms. The lowest BCUT2D eigenvalue weighted by Crippen LogP contribution is -1.95. The van der Waals surface area contributed by atoms with Gasteiger partial charge >= 0.3 is 0 Å². The molecule has 0 radical (unpaired) electrons. The first-order valence-corrected chi connectivity index (χ1v) is 7.17. The van der Waals surface area contributed by atoms with Crippen LogP contribution in [0.25, 0.3) is 11.4 Å². The fourth-order valence-electron chi connectivity index (χ4n) is 1.79. The van der Waals surface area contributed by atoms with Gasteiger partial charge in [-0.1, -0.05) is 12.1 Å². The summed E-state index contributed by atoms with van der Waals surface area (Å²) in [5.41, 5.74) is 4.01. The van der Waals surface area contributed by atoms with Gasteiger partial charge in [0.05, 0.1) is 5.69 Å². The molecule has 0 aliphatic rings. The molecule has 5 heteroatoms. The Bertz CT molecular complexity index is 719. The van der Waals surface area contributed by atoms with E-state index in [4.69, 9.17) is 0 Å². The maximum atomic E-state index is 4.55. The van der Waals surface area contributed by atoms with Crippen molar-refractivity contribution in [3.8, 4) is 11.4 Å². The number of nitrogens with zero attached hydrogens (tertiary/aromatic N) is 3. The maximum Gasteiger partial charge on any atom is 0.188 e. The fourth-order valence-corrected chi connectivity index (χ4v) is 2.49. The van der Waals surface area contributed by atoms with Gasteiger partial charge in [-0.05, 0) is 37.1 Å². The molecular formula is C15H14N4S. The third kappa shape index (κ3) is 2.67. The van der Waals surface area contributed by atoms with Gasteiger partial charge in [0.1, 0.15) is 11.5 Å². The van der Waals surface area contributed by atoms with Crippen molar-refractivity contribution in [2.45, 2.75) is 13.8 Å². The topological polar surface area (TPSA) is 50.7 Å². The van der Waals surface area contributed by atoms with Crippen LogP contribution in [0.15, 0.2) is 42.0 Å². The Balaban J connectivity index is 1.84. The zero-order valence-electron chi connectivity index (χ0n) is 11.3. The Morgan fingerprint density at radius 3 is 2.70 bits per heavy atom. The van der Waals surface area contributed by atoms with Gasteiger partial charge in [-0.25, -0.2) is 9.97 Å². The number of thiazole rings is 1. The number of anilines is 2. The third-order valence-electron chi connectivity index (χ3n) is 2.91. The van der Waals surface area contributed by atoms with E-state index in [1.165, 1.54) is 0 Å². The minimum absolute atomic E-state index is 0.823. The predicted molar refractivity (Wildman–Crippen MR) is 82.3 cm³/mol. The van der Waals surface area contributed by atoms with Gasteiger partial charge in [0.2, 0.25) is 0 Å². The first-order valence-electron chi connectivity index (χ1n) is 6.29. The second kappa shape index (κ2) is 5.38. The van der Waals surface area contributed by atoms with E-state index in [2.05, 4.69) is 20.3 Å². The number of rotatable bonds is 3. The van der Waals surface area contributed by atoms with Crippen molar-refractivity contribution in [1.29, 1.82) is 0 Å². The molecule has 3 heterocycles. The zero-order chi connectivity index (χ0) is 13.9. The number of nitrogens with one attached hydrogen (secondary N) is 1. The molecule has 0 atom stereocenters. The van der Waals surface area contributed by atoms with Crippen LogP contribution < -0.4 is 5.32 Å². The summed E-state index contributed by atoms with van der Waals surface area (Å²) < 4.78 is 0. The van der Waals surface area contributed by atoms with Crippen LogP contribution in [0.1, 0.15) is 11.1 Å². The Labute approximate surface area is 121 Å². The number of aryl methyl sites for hydroxylation is 2. The van der Waals surface area contributed by atoms with Crippen molar-refractivity contribution in [3.63, 3.8) is 0 Å². The van der Waals surface area contributed by atoms with E-state index in [-0.39, 0.29) is 0 Å². The summed E-state index contributed by atoms with van der Waals surface area (Å²) in [5.74, 6) is 0.838. The Hall–Kier alpha value is -2.27. The minimum atomic E-state index is 0.823. The second-order valence-corrected chi connectivity index (χ2v) is 5.41. The lowest BCUT2D eigenvalue weighted by molar-refractivity contribution is 1.22. The van der Waals surface area contributed by atoms with Gasteiger partial charge < -0.3 is 5.32 Å². The molecule has 3 rings (SSSR count). The fraction of sp³-hybridized carbons (Fsp3) is 0.133. The summed E-state index contributed by atoms with van der Waals surface area (Å²) in [6, 6.07) is 7.97. The SMILES string of the molecule is Cc1ccc(-c2csc(Nc3ncccc3C)n2)nc1. The predicted octanol–water partition coefficient (Wildman–Crippen LogP) is 3.96. The minimum Gasteiger partial charge on any atom is -0.316 e. The molecule has 0 fully saturated rings. The van der Waals surface area contributed by atoms with Crippen LogP contribution in [0.3, 0.4) is 0 Å². The van der Waals surface area contributed by atoms with Crippen molar-refractivity contribution in [2.75, 3.05) is 5.32 Å². The van der Waals surface area contributed by atoms with Gasteiger partial charge in [-0.3, -0.25) is 4.98 Å². The lowest BCUT2D eigenvalue weighted by atomic mass is 10.2. The van der Waals surface area contributed by atoms with Crippen LogP contribution in [-0.4, -0.2) is 15.0 Å². The smallest absolute Gasteiger partial charge is 0.188 e. The highest BCUT2D eigenvalue weighted by Crippen LogP contribution is 2.26. The van der Waals surface area contributed by atoms with Crippen LogP contribution in [0.4, 0.5) is 10.9 Å². The van der Waals surface area contributed by atoms with Gasteiger partial charge in [0.25, 0.3) is 0 Å². The van der Waals surface area contributed by atoms with Gasteiger partial charge in [0.15, 0.2) is 5.13 Å². The first kappa shape index (κ1) is 12.7. The molecule has 1 N–H and O–H groups in total. The number of hydrogen-bond acceptors (Lipinski definition) is 5. The van der Waals surface area contributed by atoms with E-state index < -0.39 is 0 Å². The highest BCUT2D eigenvalue weighted by Gasteiger charge is 2.07. The molecule has 0 unspecified atom stereocenters. The van der Waals surface area contributed by atoms with E-state index in [0.717, 1.165) is 33.5 Å². The average molecular weight is 282 g/mol. The maximum absolute atomic E-state index is 4.55. The molecule has 0 saturated heterocycles. The zero-order valence-corrected chi connectivity index (χ0v) is 12.1. The third-order valence-corrected chi connectivity index (χ3v) is 3.67. The molecule has 3 aromatic heterocycles. The summed E-state index contributed by atoms with van der Waals surface area (Å²) in [4.78, 5) is 13.2. The van der Waals surface area contributed by atoms with Crippen LogP contribution in [-0.2, 0) is 0 Å². The molecule has 0 saturated carbocycles. The van der Waals surface area contributed by atoms with Gasteiger partial charge in [-0.15, -0.1) is 11.3 Å². The molecule has 0 spiro atoms. The molecule has 100 valence electrons. The van der Waals surface area contributed by atoms with Crippen LogP contribution >= 0.6 is 11.3 Å². The van der Waals surface area contributed by atoms with E-state index >= 15 is 0 Å². The molecular weight excluding hydrogens is 268 g/mol. The number of hydrogen-bond donors (Lipinski definition) is 1. The summed E-state index contributed by atoms with van der Waals surface area (Å²) >= 11 is 1.55. The molecule has 4 nitrogen and oxygen atoms in total. The summed E-state index contributed by atoms with van der Waals surface area (Å²) in [6.45, 7) is 4.04. The lowest BCUT2D eigenvalue weighted by Gasteiger charge is -2.04. The average Bonchev–Trinajstić information content (AvgIpc) is 2.91. The quantitative estimate of drug-likeness (QED) is 0.790. The number of aromatic nitrogens is 3. The van der Waals surface area contributed by atoms with Crippen molar-refractivity contribution in [2.24, 2.45) is 0 Å². The summed E-state index contributed by atoms with van der Waals surface area (Å²) in [5, 5.41) is 6.06. The Morgan fingerprint density at radius 2 is 1.95 bits per heavy atom.